The van der Waals surface area contributed by atoms with Gasteiger partial charge in [0.25, 0.3) is 0 Å². The van der Waals surface area contributed by atoms with Crippen LogP contribution in [0, 0.1) is 5.92 Å². The summed E-state index contributed by atoms with van der Waals surface area (Å²) in [4.78, 5) is 51.8. The lowest BCUT2D eigenvalue weighted by Crippen LogP contribution is -2.21. The molecule has 2 N–H and O–H groups in total. The Morgan fingerprint density at radius 3 is 1.65 bits per heavy atom. The van der Waals surface area contributed by atoms with Crippen molar-refractivity contribution in [3.63, 3.8) is 0 Å². The number of hydrogen-bond donors (Lipinski definition) is 2. The summed E-state index contributed by atoms with van der Waals surface area (Å²) in [6.45, 7) is 0.376. The van der Waals surface area contributed by atoms with E-state index in [1.165, 1.54) is 24.3 Å². The van der Waals surface area contributed by atoms with E-state index in [-0.39, 0.29) is 44.4 Å². The Morgan fingerprint density at radius 1 is 0.775 bits per heavy atom. The fraction of sp³-hybridized carbons (Fsp3) is 0.360. The number of halogens is 4. The molecule has 0 spiro atoms. The van der Waals surface area contributed by atoms with Gasteiger partial charge in [0.2, 0.25) is 0 Å². The topological polar surface area (TPSA) is 176 Å². The van der Waals surface area contributed by atoms with Crippen LogP contribution in [0.5, 0.6) is 11.5 Å². The second-order valence-electron chi connectivity index (χ2n) is 8.52. The second-order valence-corrected chi connectivity index (χ2v) is 12.1. The second kappa shape index (κ2) is 16.7. The lowest BCUT2D eigenvalue weighted by atomic mass is 9.94. The van der Waals surface area contributed by atoms with E-state index >= 15 is 0 Å². The van der Waals surface area contributed by atoms with Crippen molar-refractivity contribution in [2.24, 2.45) is 11.0 Å². The van der Waals surface area contributed by atoms with Crippen LogP contribution >= 0.6 is 63.7 Å². The van der Waals surface area contributed by atoms with Crippen LogP contribution in [0.4, 0.5) is 0 Å². The number of esters is 2. The van der Waals surface area contributed by atoms with Crippen molar-refractivity contribution in [3.05, 3.63) is 63.7 Å². The maximum Gasteiger partial charge on any atom is 0.339 e. The molecule has 0 aliphatic heterocycles. The summed E-state index contributed by atoms with van der Waals surface area (Å²) in [5, 5.41) is 22.5. The number of aromatic carboxylic acids is 2. The third-order valence-electron chi connectivity index (χ3n) is 5.50. The van der Waals surface area contributed by atoms with E-state index in [9.17, 15) is 29.4 Å². The van der Waals surface area contributed by atoms with Crippen LogP contribution in [0.15, 0.2) is 47.3 Å². The molecule has 2 aromatic rings. The number of carbonyl (C=O) groups excluding carboxylic acids is 2. The number of carbonyl (C=O) groups is 4. The highest BCUT2D eigenvalue weighted by molar-refractivity contribution is 9.11. The van der Waals surface area contributed by atoms with Crippen molar-refractivity contribution >= 4 is 87.6 Å². The monoisotopic (exact) mass is 809 g/mol. The van der Waals surface area contributed by atoms with Crippen LogP contribution in [0.1, 0.15) is 65.7 Å². The van der Waals surface area contributed by atoms with Crippen LogP contribution in [0.3, 0.4) is 0 Å². The zero-order chi connectivity index (χ0) is 29.8. The number of azide groups is 1. The summed E-state index contributed by atoms with van der Waals surface area (Å²) in [5.74, 6) is -4.94. The number of ether oxygens (including phenoxy) is 2. The minimum Gasteiger partial charge on any atom is -0.478 e. The Balaban J connectivity index is 2.17. The molecule has 0 aliphatic carbocycles. The predicted octanol–water partition coefficient (Wildman–Crippen LogP) is 8.30. The highest BCUT2D eigenvalue weighted by Gasteiger charge is 2.25. The van der Waals surface area contributed by atoms with E-state index in [1.807, 2.05) is 0 Å². The first-order valence-corrected chi connectivity index (χ1v) is 15.0. The van der Waals surface area contributed by atoms with Crippen molar-refractivity contribution in [2.75, 3.05) is 6.54 Å². The first-order valence-electron chi connectivity index (χ1n) is 11.8. The summed E-state index contributed by atoms with van der Waals surface area (Å²) in [6, 6.07) is 5.68. The van der Waals surface area contributed by atoms with Crippen molar-refractivity contribution in [1.82, 2.24) is 0 Å². The number of carboxylic acid groups (broad SMARTS) is 2. The van der Waals surface area contributed by atoms with Gasteiger partial charge in [0, 0.05) is 33.2 Å². The molecule has 15 heteroatoms. The third-order valence-corrected chi connectivity index (χ3v) is 7.60. The Morgan fingerprint density at radius 2 is 1.23 bits per heavy atom. The molecule has 0 unspecified atom stereocenters. The maximum atomic E-state index is 12.9. The van der Waals surface area contributed by atoms with Crippen molar-refractivity contribution in [3.8, 4) is 11.5 Å². The van der Waals surface area contributed by atoms with Crippen LogP contribution < -0.4 is 9.47 Å². The summed E-state index contributed by atoms with van der Waals surface area (Å²) < 4.78 is 12.3. The molecule has 0 saturated carbocycles. The normalized spacial score (nSPS) is 10.6. The third kappa shape index (κ3) is 10.8. The lowest BCUT2D eigenvalue weighted by Gasteiger charge is -2.17. The minimum absolute atomic E-state index is 0.162. The summed E-state index contributed by atoms with van der Waals surface area (Å²) in [6.07, 6.45) is 2.88. The molecule has 0 atom stereocenters. The van der Waals surface area contributed by atoms with Gasteiger partial charge >= 0.3 is 23.9 Å². The Labute approximate surface area is 262 Å². The predicted molar refractivity (Wildman–Crippen MR) is 159 cm³/mol. The SMILES string of the molecule is [N-]=[N+]=NCCCCCCC(CC(=O)Oc1c(Br)cc(Br)cc1C(=O)O)CC(=O)Oc1c(Br)cc(Br)cc1C(=O)O. The van der Waals surface area contributed by atoms with Crippen molar-refractivity contribution in [1.29, 1.82) is 0 Å². The van der Waals surface area contributed by atoms with Gasteiger partial charge in [-0.15, -0.1) is 0 Å². The molecule has 0 amide bonds. The number of benzene rings is 2. The smallest absolute Gasteiger partial charge is 0.339 e. The molecular weight excluding hydrogens is 790 g/mol. The molecule has 11 nitrogen and oxygen atoms in total. The number of rotatable bonds is 15. The standard InChI is InChI=1S/C25H23Br4N3O8/c26-14-9-16(24(35)36)22(18(28)11-14)39-20(33)7-13(5-3-1-2-4-6-31-32-30)8-21(34)40-23-17(25(37)38)10-15(27)12-19(23)29/h9-13H,1-8H2,(H,35,36)(H,37,38). The highest BCUT2D eigenvalue weighted by atomic mass is 79.9. The molecular formula is C25H23Br4N3O8. The van der Waals surface area contributed by atoms with Gasteiger partial charge in [-0.3, -0.25) is 9.59 Å². The molecule has 0 aliphatic rings. The van der Waals surface area contributed by atoms with Crippen LogP contribution in [0.2, 0.25) is 0 Å². The van der Waals surface area contributed by atoms with Gasteiger partial charge in [-0.1, -0.05) is 56.2 Å². The maximum absolute atomic E-state index is 12.9. The summed E-state index contributed by atoms with van der Waals surface area (Å²) in [7, 11) is 0. The fourth-order valence-corrected chi connectivity index (χ4v) is 6.33. The van der Waals surface area contributed by atoms with Crippen LogP contribution in [0.25, 0.3) is 10.4 Å². The zero-order valence-electron chi connectivity index (χ0n) is 20.7. The van der Waals surface area contributed by atoms with Gasteiger partial charge in [-0.2, -0.15) is 0 Å². The molecule has 0 aromatic heterocycles. The minimum atomic E-state index is -1.29. The molecule has 0 bridgehead atoms. The van der Waals surface area contributed by atoms with E-state index in [2.05, 4.69) is 73.7 Å². The molecule has 214 valence electrons. The Bertz CT molecular complexity index is 1250. The quantitative estimate of drug-likeness (QED) is 0.0451. The van der Waals surface area contributed by atoms with Crippen molar-refractivity contribution in [2.45, 2.75) is 44.9 Å². The van der Waals surface area contributed by atoms with Gasteiger partial charge in [0.05, 0.1) is 8.95 Å². The number of hydrogen-bond acceptors (Lipinski definition) is 7. The van der Waals surface area contributed by atoms with Gasteiger partial charge in [-0.05, 0) is 80.4 Å². The van der Waals surface area contributed by atoms with E-state index in [0.717, 1.165) is 12.8 Å². The Kier molecular flexibility index (Phi) is 14.1. The average molecular weight is 813 g/mol. The molecule has 0 fully saturated rings. The van der Waals surface area contributed by atoms with E-state index in [4.69, 9.17) is 15.0 Å². The molecule has 0 heterocycles. The van der Waals surface area contributed by atoms with Gasteiger partial charge in [0.1, 0.15) is 11.1 Å². The molecule has 2 rings (SSSR count). The number of carboxylic acids is 2. The summed E-state index contributed by atoms with van der Waals surface area (Å²) in [5.41, 5.74) is 7.91. The summed E-state index contributed by atoms with van der Waals surface area (Å²) >= 11 is 12.8. The molecule has 0 saturated heterocycles. The first kappa shape index (κ1) is 33.8. The van der Waals surface area contributed by atoms with Crippen LogP contribution in [-0.4, -0.2) is 40.6 Å². The first-order chi connectivity index (χ1) is 18.9. The van der Waals surface area contributed by atoms with Gasteiger partial charge in [-0.25, -0.2) is 9.59 Å². The Hall–Kier alpha value is -2.45. The molecule has 40 heavy (non-hydrogen) atoms. The zero-order valence-corrected chi connectivity index (χ0v) is 27.1. The molecule has 0 radical (unpaired) electrons. The van der Waals surface area contributed by atoms with Crippen molar-refractivity contribution < 1.29 is 38.9 Å². The van der Waals surface area contributed by atoms with E-state index in [0.29, 0.717) is 34.8 Å². The van der Waals surface area contributed by atoms with Gasteiger partial charge < -0.3 is 19.7 Å². The number of nitrogens with zero attached hydrogens (tertiary/aromatic N) is 3. The van der Waals surface area contributed by atoms with E-state index in [1.54, 1.807) is 0 Å². The number of unbranched alkanes of at least 4 members (excludes halogenated alkanes) is 3. The molecule has 2 aromatic carbocycles. The lowest BCUT2D eigenvalue weighted by molar-refractivity contribution is -0.138. The van der Waals surface area contributed by atoms with Gasteiger partial charge in [0.15, 0.2) is 11.5 Å². The van der Waals surface area contributed by atoms with Crippen LogP contribution in [-0.2, 0) is 9.59 Å². The highest BCUT2D eigenvalue weighted by Crippen LogP contribution is 2.35. The largest absolute Gasteiger partial charge is 0.478 e. The average Bonchev–Trinajstić information content (AvgIpc) is 2.86. The fourth-order valence-electron chi connectivity index (χ4n) is 3.72. The van der Waals surface area contributed by atoms with E-state index < -0.39 is 29.8 Å².